The minimum Gasteiger partial charge on any atom is -0.375 e. The van der Waals surface area contributed by atoms with E-state index in [9.17, 15) is 13.2 Å². The van der Waals surface area contributed by atoms with Gasteiger partial charge in [0.2, 0.25) is 10.0 Å². The summed E-state index contributed by atoms with van der Waals surface area (Å²) in [5.41, 5.74) is 1.52. The summed E-state index contributed by atoms with van der Waals surface area (Å²) in [6.07, 6.45) is 0.0528. The van der Waals surface area contributed by atoms with Crippen LogP contribution in [0.5, 0.6) is 0 Å². The Morgan fingerprint density at radius 2 is 2.00 bits per heavy atom. The molecule has 1 aliphatic heterocycles. The first-order valence-electron chi connectivity index (χ1n) is 7.06. The zero-order chi connectivity index (χ0) is 16.2. The highest BCUT2D eigenvalue weighted by Gasteiger charge is 2.20. The van der Waals surface area contributed by atoms with E-state index in [1.54, 1.807) is 29.2 Å². The number of hydrogen-bond donors (Lipinski definition) is 2. The smallest absolute Gasteiger partial charge is 0.317 e. The van der Waals surface area contributed by atoms with Gasteiger partial charge in [-0.2, -0.15) is 0 Å². The first kappa shape index (κ1) is 16.7. The predicted molar refractivity (Wildman–Crippen MR) is 82.5 cm³/mol. The number of carbonyl (C=O) groups is 1. The molecule has 8 heteroatoms. The van der Waals surface area contributed by atoms with Crippen molar-refractivity contribution in [2.24, 2.45) is 5.14 Å². The van der Waals surface area contributed by atoms with Crippen molar-refractivity contribution in [1.82, 2.24) is 10.2 Å². The lowest BCUT2D eigenvalue weighted by Gasteiger charge is -2.31. The van der Waals surface area contributed by atoms with Gasteiger partial charge in [0.25, 0.3) is 0 Å². The summed E-state index contributed by atoms with van der Waals surface area (Å²) in [5.74, 6) is -0.189. The lowest BCUT2D eigenvalue weighted by Crippen LogP contribution is -2.48. The Kier molecular flexibility index (Phi) is 5.38. The number of nitrogens with one attached hydrogen (secondary N) is 1. The van der Waals surface area contributed by atoms with E-state index >= 15 is 0 Å². The van der Waals surface area contributed by atoms with Crippen molar-refractivity contribution in [2.45, 2.75) is 25.3 Å². The van der Waals surface area contributed by atoms with E-state index in [0.29, 0.717) is 31.8 Å². The summed E-state index contributed by atoms with van der Waals surface area (Å²) in [5, 5.41) is 7.84. The summed E-state index contributed by atoms with van der Waals surface area (Å²) in [6, 6.07) is 6.83. The maximum atomic E-state index is 12.0. The number of rotatable bonds is 4. The third-order valence-corrected chi connectivity index (χ3v) is 4.10. The molecule has 1 aromatic rings. The second-order valence-corrected chi connectivity index (χ2v) is 7.02. The fourth-order valence-corrected chi connectivity index (χ4v) is 2.94. The third-order valence-electron chi connectivity index (χ3n) is 3.36. The number of sulfonamides is 1. The van der Waals surface area contributed by atoms with Gasteiger partial charge in [-0.3, -0.25) is 0 Å². The van der Waals surface area contributed by atoms with Gasteiger partial charge in [0.15, 0.2) is 0 Å². The molecule has 7 nitrogen and oxygen atoms in total. The number of benzene rings is 1. The Morgan fingerprint density at radius 1 is 1.36 bits per heavy atom. The second-order valence-electron chi connectivity index (χ2n) is 5.41. The zero-order valence-electron chi connectivity index (χ0n) is 12.5. The highest BCUT2D eigenvalue weighted by Crippen LogP contribution is 2.08. The molecule has 122 valence electrons. The molecule has 0 spiro atoms. The van der Waals surface area contributed by atoms with Gasteiger partial charge >= 0.3 is 6.03 Å². The molecule has 1 atom stereocenters. The van der Waals surface area contributed by atoms with Crippen LogP contribution in [0.25, 0.3) is 0 Å². The van der Waals surface area contributed by atoms with Crippen molar-refractivity contribution in [3.8, 4) is 0 Å². The highest BCUT2D eigenvalue weighted by molar-refractivity contribution is 7.88. The Labute approximate surface area is 130 Å². The van der Waals surface area contributed by atoms with Crippen LogP contribution in [0.2, 0.25) is 0 Å². The summed E-state index contributed by atoms with van der Waals surface area (Å²) >= 11 is 0. The number of primary sulfonamides is 1. The van der Waals surface area contributed by atoms with Crippen LogP contribution in [-0.4, -0.2) is 45.1 Å². The molecular weight excluding hydrogens is 306 g/mol. The van der Waals surface area contributed by atoms with Gasteiger partial charge in [0.05, 0.1) is 18.5 Å². The molecule has 0 aliphatic carbocycles. The van der Waals surface area contributed by atoms with Gasteiger partial charge in [-0.15, -0.1) is 0 Å². The first-order valence-corrected chi connectivity index (χ1v) is 8.78. The van der Waals surface area contributed by atoms with Crippen LogP contribution in [0.1, 0.15) is 18.1 Å². The van der Waals surface area contributed by atoms with Crippen LogP contribution in [0.4, 0.5) is 4.79 Å². The molecule has 1 unspecified atom stereocenters. The molecule has 2 amide bonds. The molecule has 2 rings (SSSR count). The van der Waals surface area contributed by atoms with Crippen LogP contribution in [0.3, 0.4) is 0 Å². The van der Waals surface area contributed by atoms with Crippen LogP contribution >= 0.6 is 0 Å². The van der Waals surface area contributed by atoms with Crippen molar-refractivity contribution in [3.63, 3.8) is 0 Å². The summed E-state index contributed by atoms with van der Waals surface area (Å²) in [7, 11) is -3.52. The fourth-order valence-electron chi connectivity index (χ4n) is 2.28. The van der Waals surface area contributed by atoms with Crippen molar-refractivity contribution in [2.75, 3.05) is 19.7 Å². The number of amides is 2. The number of ether oxygens (including phenoxy) is 1. The summed E-state index contributed by atoms with van der Waals surface area (Å²) in [6.45, 7) is 4.04. The minimum absolute atomic E-state index is 0.0528. The lowest BCUT2D eigenvalue weighted by molar-refractivity contribution is -0.00351. The monoisotopic (exact) mass is 327 g/mol. The average molecular weight is 327 g/mol. The molecule has 22 heavy (non-hydrogen) atoms. The fraction of sp³-hybridized carbons (Fsp3) is 0.500. The van der Waals surface area contributed by atoms with Gasteiger partial charge in [-0.1, -0.05) is 24.3 Å². The van der Waals surface area contributed by atoms with Gasteiger partial charge in [-0.25, -0.2) is 18.4 Å². The molecule has 1 fully saturated rings. The van der Waals surface area contributed by atoms with Gasteiger partial charge in [-0.05, 0) is 18.1 Å². The molecule has 1 aliphatic rings. The van der Waals surface area contributed by atoms with E-state index in [0.717, 1.165) is 5.56 Å². The van der Waals surface area contributed by atoms with Gasteiger partial charge in [0.1, 0.15) is 0 Å². The molecule has 1 saturated heterocycles. The number of hydrogen-bond acceptors (Lipinski definition) is 4. The SMILES string of the molecule is CC1CN(C(=O)NCc2ccc(CS(N)(=O)=O)cc2)CCO1. The Morgan fingerprint density at radius 3 is 2.59 bits per heavy atom. The molecule has 0 saturated carbocycles. The summed E-state index contributed by atoms with van der Waals surface area (Å²) in [4.78, 5) is 13.8. The van der Waals surface area contributed by atoms with Crippen molar-refractivity contribution < 1.29 is 17.9 Å². The third kappa shape index (κ3) is 5.28. The molecule has 0 radical (unpaired) electrons. The van der Waals surface area contributed by atoms with E-state index in [4.69, 9.17) is 9.88 Å². The molecule has 1 aromatic carbocycles. The number of nitrogens with zero attached hydrogens (tertiary/aromatic N) is 1. The average Bonchev–Trinajstić information content (AvgIpc) is 2.44. The van der Waals surface area contributed by atoms with Gasteiger partial charge < -0.3 is 15.0 Å². The van der Waals surface area contributed by atoms with Crippen LogP contribution in [-0.2, 0) is 27.1 Å². The van der Waals surface area contributed by atoms with Crippen LogP contribution in [0.15, 0.2) is 24.3 Å². The molecule has 0 aromatic heterocycles. The predicted octanol–water partition coefficient (Wildman–Crippen LogP) is 0.405. The van der Waals surface area contributed by atoms with E-state index in [2.05, 4.69) is 5.32 Å². The number of carbonyl (C=O) groups excluding carboxylic acids is 1. The molecule has 3 N–H and O–H groups in total. The van der Waals surface area contributed by atoms with Crippen LogP contribution < -0.4 is 10.5 Å². The van der Waals surface area contributed by atoms with Gasteiger partial charge in [0, 0.05) is 19.6 Å². The van der Waals surface area contributed by atoms with E-state index in [1.807, 2.05) is 6.92 Å². The number of nitrogens with two attached hydrogens (primary N) is 1. The van der Waals surface area contributed by atoms with Crippen molar-refractivity contribution >= 4 is 16.1 Å². The minimum atomic E-state index is -3.52. The lowest BCUT2D eigenvalue weighted by atomic mass is 10.1. The van der Waals surface area contributed by atoms with Crippen molar-refractivity contribution in [3.05, 3.63) is 35.4 Å². The van der Waals surface area contributed by atoms with Crippen molar-refractivity contribution in [1.29, 1.82) is 0 Å². The molecular formula is C14H21N3O4S. The van der Waals surface area contributed by atoms with E-state index < -0.39 is 10.0 Å². The largest absolute Gasteiger partial charge is 0.375 e. The molecule has 0 bridgehead atoms. The quantitative estimate of drug-likeness (QED) is 0.836. The maximum Gasteiger partial charge on any atom is 0.317 e. The topological polar surface area (TPSA) is 102 Å². The number of urea groups is 1. The second kappa shape index (κ2) is 7.08. The van der Waals surface area contributed by atoms with E-state index in [-0.39, 0.29) is 17.9 Å². The zero-order valence-corrected chi connectivity index (χ0v) is 13.3. The normalized spacial score (nSPS) is 19.0. The Hall–Kier alpha value is -1.64. The Balaban J connectivity index is 1.85. The van der Waals surface area contributed by atoms with Crippen LogP contribution in [0, 0.1) is 0 Å². The highest BCUT2D eigenvalue weighted by atomic mass is 32.2. The molecule has 1 heterocycles. The van der Waals surface area contributed by atoms with E-state index in [1.165, 1.54) is 0 Å². The standard InChI is InChI=1S/C14H21N3O4S/c1-11-9-17(6-7-21-11)14(18)16-8-12-2-4-13(5-3-12)10-22(15,19)20/h2-5,11H,6-10H2,1H3,(H,16,18)(H2,15,19,20). The first-order chi connectivity index (χ1) is 10.3. The Bertz CT molecular complexity index is 615. The summed E-state index contributed by atoms with van der Waals surface area (Å²) < 4.78 is 27.4. The number of morpholine rings is 1. The maximum absolute atomic E-state index is 12.0.